The monoisotopic (exact) mass is 373 g/mol. The van der Waals surface area contributed by atoms with Gasteiger partial charge >= 0.3 is 0 Å². The van der Waals surface area contributed by atoms with Crippen LogP contribution < -0.4 is 10.6 Å². The van der Waals surface area contributed by atoms with E-state index < -0.39 is 0 Å². The average molecular weight is 374 g/mol. The van der Waals surface area contributed by atoms with Crippen LogP contribution in [0.15, 0.2) is 35.3 Å². The predicted molar refractivity (Wildman–Crippen MR) is 112 cm³/mol. The number of guanidine groups is 1. The van der Waals surface area contributed by atoms with E-state index in [2.05, 4.69) is 58.6 Å². The van der Waals surface area contributed by atoms with Crippen molar-refractivity contribution in [2.24, 2.45) is 4.99 Å². The summed E-state index contributed by atoms with van der Waals surface area (Å²) in [7, 11) is 1.75. The van der Waals surface area contributed by atoms with E-state index in [0.717, 1.165) is 45.6 Å². The van der Waals surface area contributed by atoms with E-state index in [-0.39, 0.29) is 11.9 Å². The van der Waals surface area contributed by atoms with Crippen LogP contribution in [-0.2, 0) is 4.79 Å². The normalized spacial score (nSPS) is 16.3. The number of benzene rings is 1. The first-order valence-electron chi connectivity index (χ1n) is 10.2. The summed E-state index contributed by atoms with van der Waals surface area (Å²) in [6.07, 6.45) is 3.45. The molecular weight excluding hydrogens is 338 g/mol. The number of piperidine rings is 1. The molecule has 0 saturated carbocycles. The van der Waals surface area contributed by atoms with Gasteiger partial charge in [0.15, 0.2) is 5.96 Å². The Morgan fingerprint density at radius 3 is 2.37 bits per heavy atom. The van der Waals surface area contributed by atoms with Gasteiger partial charge in [-0.3, -0.25) is 14.7 Å². The van der Waals surface area contributed by atoms with E-state index in [1.807, 2.05) is 11.0 Å². The molecule has 0 aliphatic carbocycles. The summed E-state index contributed by atoms with van der Waals surface area (Å²) in [5, 5.41) is 6.58. The molecule has 0 aromatic heterocycles. The first-order chi connectivity index (χ1) is 13.2. The van der Waals surface area contributed by atoms with Gasteiger partial charge in [0.25, 0.3) is 0 Å². The first kappa shape index (κ1) is 21.2. The van der Waals surface area contributed by atoms with Gasteiger partial charge in [-0.15, -0.1) is 0 Å². The maximum absolute atomic E-state index is 12.4. The third-order valence-corrected chi connectivity index (χ3v) is 5.24. The van der Waals surface area contributed by atoms with E-state index in [1.165, 1.54) is 12.0 Å². The minimum atomic E-state index is 0.154. The summed E-state index contributed by atoms with van der Waals surface area (Å²) in [5.41, 5.74) is 1.29. The highest BCUT2D eigenvalue weighted by atomic mass is 16.2. The lowest BCUT2D eigenvalue weighted by atomic mass is 10.1. The van der Waals surface area contributed by atoms with Crippen LogP contribution in [0.3, 0.4) is 0 Å². The molecule has 1 saturated heterocycles. The Morgan fingerprint density at radius 1 is 1.11 bits per heavy atom. The second-order valence-corrected chi connectivity index (χ2v) is 6.90. The smallest absolute Gasteiger partial charge is 0.241 e. The molecule has 1 amide bonds. The van der Waals surface area contributed by atoms with Crippen molar-refractivity contribution in [2.45, 2.75) is 39.2 Å². The van der Waals surface area contributed by atoms with Gasteiger partial charge in [0, 0.05) is 26.7 Å². The van der Waals surface area contributed by atoms with Gasteiger partial charge in [-0.05, 0) is 37.9 Å². The molecule has 1 aliphatic rings. The van der Waals surface area contributed by atoms with Gasteiger partial charge in [-0.1, -0.05) is 44.2 Å². The Hall–Kier alpha value is -2.08. The minimum Gasteiger partial charge on any atom is -0.354 e. The second-order valence-electron chi connectivity index (χ2n) is 6.90. The van der Waals surface area contributed by atoms with Gasteiger partial charge in [0.1, 0.15) is 0 Å². The van der Waals surface area contributed by atoms with Crippen molar-refractivity contribution in [3.05, 3.63) is 35.9 Å². The van der Waals surface area contributed by atoms with Crippen LogP contribution in [0.4, 0.5) is 0 Å². The van der Waals surface area contributed by atoms with Crippen molar-refractivity contribution in [2.75, 3.05) is 46.3 Å². The molecule has 0 radical (unpaired) electrons. The number of carbonyl (C=O) groups is 1. The molecule has 1 unspecified atom stereocenters. The molecule has 6 nitrogen and oxygen atoms in total. The van der Waals surface area contributed by atoms with Crippen LogP contribution in [0.5, 0.6) is 0 Å². The maximum atomic E-state index is 12.4. The van der Waals surface area contributed by atoms with Crippen LogP contribution in [0.25, 0.3) is 0 Å². The SMILES string of the molecule is CCN(CC)C(CNC(=NC)NCC(=O)N1CCCCC1)c1ccccc1. The van der Waals surface area contributed by atoms with E-state index in [1.54, 1.807) is 7.05 Å². The summed E-state index contributed by atoms with van der Waals surface area (Å²) in [6, 6.07) is 10.8. The van der Waals surface area contributed by atoms with Crippen molar-refractivity contribution in [3.63, 3.8) is 0 Å². The van der Waals surface area contributed by atoms with Gasteiger partial charge in [-0.25, -0.2) is 0 Å². The molecule has 1 heterocycles. The molecule has 1 atom stereocenters. The van der Waals surface area contributed by atoms with Crippen LogP contribution >= 0.6 is 0 Å². The van der Waals surface area contributed by atoms with Crippen LogP contribution in [0, 0.1) is 0 Å². The Morgan fingerprint density at radius 2 is 1.78 bits per heavy atom. The molecule has 150 valence electrons. The Balaban J connectivity index is 1.90. The lowest BCUT2D eigenvalue weighted by molar-refractivity contribution is -0.130. The van der Waals surface area contributed by atoms with Crippen molar-refractivity contribution < 1.29 is 4.79 Å². The summed E-state index contributed by atoms with van der Waals surface area (Å²) >= 11 is 0. The van der Waals surface area contributed by atoms with Crippen LogP contribution in [-0.4, -0.2) is 68.0 Å². The summed E-state index contributed by atoms with van der Waals surface area (Å²) < 4.78 is 0. The van der Waals surface area contributed by atoms with E-state index in [0.29, 0.717) is 12.5 Å². The van der Waals surface area contributed by atoms with E-state index in [9.17, 15) is 4.79 Å². The van der Waals surface area contributed by atoms with E-state index >= 15 is 0 Å². The molecule has 1 aliphatic heterocycles. The fourth-order valence-electron chi connectivity index (χ4n) is 3.63. The number of likely N-dealkylation sites (N-methyl/N-ethyl adjacent to an activating group) is 1. The lowest BCUT2D eigenvalue weighted by Crippen LogP contribution is -2.47. The molecule has 1 aromatic carbocycles. The lowest BCUT2D eigenvalue weighted by Gasteiger charge is -2.31. The fourth-order valence-corrected chi connectivity index (χ4v) is 3.63. The summed E-state index contributed by atoms with van der Waals surface area (Å²) in [4.78, 5) is 21.0. The zero-order valence-corrected chi connectivity index (χ0v) is 17.1. The minimum absolute atomic E-state index is 0.154. The molecule has 2 N–H and O–H groups in total. The third-order valence-electron chi connectivity index (χ3n) is 5.24. The number of carbonyl (C=O) groups excluding carboxylic acids is 1. The summed E-state index contributed by atoms with van der Waals surface area (Å²) in [6.45, 7) is 9.13. The van der Waals surface area contributed by atoms with Crippen molar-refractivity contribution >= 4 is 11.9 Å². The number of nitrogens with one attached hydrogen (secondary N) is 2. The number of amides is 1. The zero-order valence-electron chi connectivity index (χ0n) is 17.1. The highest BCUT2D eigenvalue weighted by Gasteiger charge is 2.19. The number of rotatable bonds is 8. The van der Waals surface area contributed by atoms with Crippen molar-refractivity contribution in [3.8, 4) is 0 Å². The standard InChI is InChI=1S/C21H35N5O/c1-4-25(5-2)19(18-12-8-6-9-13-18)16-23-21(22-3)24-17-20(27)26-14-10-7-11-15-26/h6,8-9,12-13,19H,4-5,7,10-11,14-17H2,1-3H3,(H2,22,23,24). The largest absolute Gasteiger partial charge is 0.354 e. The van der Waals surface area contributed by atoms with E-state index in [4.69, 9.17) is 0 Å². The van der Waals surface area contributed by atoms with Gasteiger partial charge in [-0.2, -0.15) is 0 Å². The highest BCUT2D eigenvalue weighted by Crippen LogP contribution is 2.19. The van der Waals surface area contributed by atoms with Crippen LogP contribution in [0.2, 0.25) is 0 Å². The number of hydrogen-bond acceptors (Lipinski definition) is 3. The topological polar surface area (TPSA) is 60.0 Å². The molecule has 27 heavy (non-hydrogen) atoms. The molecule has 6 heteroatoms. The fraction of sp³-hybridized carbons (Fsp3) is 0.619. The number of hydrogen-bond donors (Lipinski definition) is 2. The van der Waals surface area contributed by atoms with Crippen LogP contribution in [0.1, 0.15) is 44.7 Å². The first-order valence-corrected chi connectivity index (χ1v) is 10.2. The Bertz CT molecular complexity index is 579. The average Bonchev–Trinajstić information content (AvgIpc) is 2.74. The quantitative estimate of drug-likeness (QED) is 0.542. The number of likely N-dealkylation sites (tertiary alicyclic amines) is 1. The molecule has 1 aromatic rings. The van der Waals surface area contributed by atoms with Crippen molar-refractivity contribution in [1.82, 2.24) is 20.4 Å². The predicted octanol–water partition coefficient (Wildman–Crippen LogP) is 2.25. The maximum Gasteiger partial charge on any atom is 0.241 e. The zero-order chi connectivity index (χ0) is 19.5. The number of nitrogens with zero attached hydrogens (tertiary/aromatic N) is 3. The molecule has 0 bridgehead atoms. The molecular formula is C21H35N5O. The van der Waals surface area contributed by atoms with Crippen molar-refractivity contribution in [1.29, 1.82) is 0 Å². The summed E-state index contributed by atoms with van der Waals surface area (Å²) in [5.74, 6) is 0.828. The van der Waals surface area contributed by atoms with Gasteiger partial charge in [0.05, 0.1) is 12.6 Å². The van der Waals surface area contributed by atoms with Gasteiger partial charge in [0.2, 0.25) is 5.91 Å². The Labute approximate surface area is 164 Å². The second kappa shape index (κ2) is 11.6. The molecule has 2 rings (SSSR count). The van der Waals surface area contributed by atoms with Gasteiger partial charge < -0.3 is 15.5 Å². The third kappa shape index (κ3) is 6.54. The molecule has 0 spiro atoms. The highest BCUT2D eigenvalue weighted by molar-refractivity contribution is 5.86. The molecule has 1 fully saturated rings. The Kier molecular flexibility index (Phi) is 9.11. The number of aliphatic imine (C=N–C) groups is 1.